The first-order chi connectivity index (χ1) is 11.1. The van der Waals surface area contributed by atoms with Gasteiger partial charge in [-0.3, -0.25) is 0 Å². The number of aliphatic hydroxyl groups is 2. The van der Waals surface area contributed by atoms with Crippen molar-refractivity contribution in [3.63, 3.8) is 0 Å². The van der Waals surface area contributed by atoms with Gasteiger partial charge in [-0.1, -0.05) is 11.3 Å². The number of aromatic nitrogens is 3. The van der Waals surface area contributed by atoms with Gasteiger partial charge in [-0.25, -0.2) is 4.68 Å². The summed E-state index contributed by atoms with van der Waals surface area (Å²) in [6.07, 6.45) is -0.582. The quantitative estimate of drug-likeness (QED) is 0.745. The van der Waals surface area contributed by atoms with Crippen molar-refractivity contribution in [2.24, 2.45) is 0 Å². The molecule has 1 aromatic carbocycles. The lowest BCUT2D eigenvalue weighted by molar-refractivity contribution is 0.0771. The zero-order valence-corrected chi connectivity index (χ0v) is 12.9. The lowest BCUT2D eigenvalue weighted by Gasteiger charge is -2.12. The van der Waals surface area contributed by atoms with Gasteiger partial charge in [0.15, 0.2) is 17.2 Å². The third-order valence-electron chi connectivity index (χ3n) is 3.36. The average Bonchev–Trinajstić information content (AvgIpc) is 2.96. The van der Waals surface area contributed by atoms with Gasteiger partial charge in [-0.2, -0.15) is 5.26 Å². The topological polar surface area (TPSA) is 113 Å². The van der Waals surface area contributed by atoms with E-state index in [1.54, 1.807) is 26.4 Å². The van der Waals surface area contributed by atoms with Gasteiger partial charge < -0.3 is 19.7 Å². The molecule has 8 heteroatoms. The van der Waals surface area contributed by atoms with Crippen LogP contribution in [0.5, 0.6) is 11.5 Å². The molecule has 1 heterocycles. The van der Waals surface area contributed by atoms with Crippen LogP contribution in [0.2, 0.25) is 0 Å². The fourth-order valence-electron chi connectivity index (χ4n) is 2.18. The highest BCUT2D eigenvalue weighted by Gasteiger charge is 2.16. The van der Waals surface area contributed by atoms with Crippen LogP contribution in [0.1, 0.15) is 17.0 Å². The zero-order chi connectivity index (χ0) is 16.8. The Kier molecular flexibility index (Phi) is 5.51. The normalized spacial score (nSPS) is 11.8. The molecule has 2 N–H and O–H groups in total. The number of hydrogen-bond acceptors (Lipinski definition) is 7. The summed E-state index contributed by atoms with van der Waals surface area (Å²) in [6.45, 7) is -0.328. The minimum Gasteiger partial charge on any atom is -0.493 e. The number of methoxy groups -OCH3 is 2. The van der Waals surface area contributed by atoms with E-state index in [2.05, 4.69) is 10.3 Å². The van der Waals surface area contributed by atoms with Crippen LogP contribution in [0.4, 0.5) is 0 Å². The molecule has 0 radical (unpaired) electrons. The van der Waals surface area contributed by atoms with Gasteiger partial charge in [0.25, 0.3) is 0 Å². The lowest BCUT2D eigenvalue weighted by Crippen LogP contribution is -2.22. The second-order valence-corrected chi connectivity index (χ2v) is 4.88. The number of aliphatic hydroxyl groups excluding tert-OH is 2. The molecule has 8 nitrogen and oxygen atoms in total. The Labute approximate surface area is 133 Å². The van der Waals surface area contributed by atoms with Crippen molar-refractivity contribution in [2.75, 3.05) is 20.8 Å². The molecule has 1 unspecified atom stereocenters. The summed E-state index contributed by atoms with van der Waals surface area (Å²) < 4.78 is 11.9. The van der Waals surface area contributed by atoms with Crippen LogP contribution < -0.4 is 9.47 Å². The van der Waals surface area contributed by atoms with Gasteiger partial charge in [-0.05, 0) is 17.7 Å². The molecular weight excluding hydrogens is 300 g/mol. The monoisotopic (exact) mass is 318 g/mol. The van der Waals surface area contributed by atoms with Gasteiger partial charge >= 0.3 is 0 Å². The minimum absolute atomic E-state index is 0.0633. The van der Waals surface area contributed by atoms with Crippen molar-refractivity contribution in [3.05, 3.63) is 35.2 Å². The largest absolute Gasteiger partial charge is 0.493 e. The van der Waals surface area contributed by atoms with Crippen LogP contribution in [-0.4, -0.2) is 52.1 Å². The molecule has 23 heavy (non-hydrogen) atoms. The average molecular weight is 318 g/mol. The first-order valence-corrected chi connectivity index (χ1v) is 6.95. The Morgan fingerprint density at radius 1 is 1.30 bits per heavy atom. The van der Waals surface area contributed by atoms with E-state index in [0.29, 0.717) is 23.6 Å². The van der Waals surface area contributed by atoms with Crippen LogP contribution >= 0.6 is 0 Å². The summed E-state index contributed by atoms with van der Waals surface area (Å²) in [5, 5.41) is 35.4. The molecule has 1 aromatic heterocycles. The molecule has 0 aliphatic heterocycles. The Hall–Kier alpha value is -2.63. The lowest BCUT2D eigenvalue weighted by atomic mass is 10.1. The van der Waals surface area contributed by atoms with E-state index in [1.807, 2.05) is 12.1 Å². The van der Waals surface area contributed by atoms with Crippen molar-refractivity contribution in [1.29, 1.82) is 5.26 Å². The SMILES string of the molecule is COc1ccc(Cc2c(C#N)nnn2CC(O)CO)cc1OC. The van der Waals surface area contributed by atoms with Gasteiger partial charge in [0.05, 0.1) is 39.2 Å². The summed E-state index contributed by atoms with van der Waals surface area (Å²) in [6, 6.07) is 7.41. The van der Waals surface area contributed by atoms with E-state index < -0.39 is 12.7 Å². The molecule has 0 spiro atoms. The van der Waals surface area contributed by atoms with E-state index in [1.165, 1.54) is 4.68 Å². The van der Waals surface area contributed by atoms with Gasteiger partial charge in [0.1, 0.15) is 6.07 Å². The highest BCUT2D eigenvalue weighted by molar-refractivity contribution is 5.44. The van der Waals surface area contributed by atoms with E-state index in [-0.39, 0.29) is 12.2 Å². The third-order valence-corrected chi connectivity index (χ3v) is 3.36. The van der Waals surface area contributed by atoms with E-state index >= 15 is 0 Å². The zero-order valence-electron chi connectivity index (χ0n) is 12.9. The molecular formula is C15H18N4O4. The number of nitrogens with zero attached hydrogens (tertiary/aromatic N) is 4. The Balaban J connectivity index is 2.32. The predicted octanol–water partition coefficient (Wildman–Crippen LogP) is 0.111. The van der Waals surface area contributed by atoms with Gasteiger partial charge in [0.2, 0.25) is 0 Å². The predicted molar refractivity (Wildman–Crippen MR) is 80.2 cm³/mol. The first kappa shape index (κ1) is 16.7. The Morgan fingerprint density at radius 2 is 2.04 bits per heavy atom. The maximum Gasteiger partial charge on any atom is 0.186 e. The molecule has 0 saturated heterocycles. The summed E-state index contributed by atoms with van der Waals surface area (Å²) in [4.78, 5) is 0. The first-order valence-electron chi connectivity index (χ1n) is 6.95. The maximum absolute atomic E-state index is 9.58. The van der Waals surface area contributed by atoms with E-state index in [0.717, 1.165) is 5.56 Å². The minimum atomic E-state index is -0.965. The fourth-order valence-corrected chi connectivity index (χ4v) is 2.18. The molecule has 0 amide bonds. The van der Waals surface area contributed by atoms with Gasteiger partial charge in [0, 0.05) is 6.42 Å². The number of rotatable bonds is 7. The van der Waals surface area contributed by atoms with Crippen molar-refractivity contribution in [2.45, 2.75) is 19.1 Å². The number of nitriles is 1. The maximum atomic E-state index is 9.58. The van der Waals surface area contributed by atoms with Gasteiger partial charge in [-0.15, -0.1) is 5.10 Å². The Morgan fingerprint density at radius 3 is 2.65 bits per heavy atom. The number of hydrogen-bond donors (Lipinski definition) is 2. The molecule has 0 aliphatic rings. The molecule has 0 bridgehead atoms. The van der Waals surface area contributed by atoms with Crippen LogP contribution in [-0.2, 0) is 13.0 Å². The highest BCUT2D eigenvalue weighted by atomic mass is 16.5. The molecule has 0 fully saturated rings. The van der Waals surface area contributed by atoms with Crippen LogP contribution in [0.25, 0.3) is 0 Å². The third kappa shape index (κ3) is 3.77. The summed E-state index contributed by atoms with van der Waals surface area (Å²) in [5.41, 5.74) is 1.62. The molecule has 0 aliphatic carbocycles. The Bertz CT molecular complexity index is 708. The number of benzene rings is 1. The van der Waals surface area contributed by atoms with Crippen molar-refractivity contribution < 1.29 is 19.7 Å². The van der Waals surface area contributed by atoms with Crippen molar-refractivity contribution >= 4 is 0 Å². The summed E-state index contributed by atoms with van der Waals surface area (Å²) in [5.74, 6) is 1.19. The molecule has 2 rings (SSSR count). The van der Waals surface area contributed by atoms with Crippen molar-refractivity contribution in [1.82, 2.24) is 15.0 Å². The van der Waals surface area contributed by atoms with Crippen LogP contribution in [0, 0.1) is 11.3 Å². The van der Waals surface area contributed by atoms with E-state index in [9.17, 15) is 5.11 Å². The summed E-state index contributed by atoms with van der Waals surface area (Å²) >= 11 is 0. The molecule has 0 saturated carbocycles. The molecule has 2 aromatic rings. The molecule has 1 atom stereocenters. The second-order valence-electron chi connectivity index (χ2n) is 4.88. The fraction of sp³-hybridized carbons (Fsp3) is 0.400. The smallest absolute Gasteiger partial charge is 0.186 e. The van der Waals surface area contributed by atoms with E-state index in [4.69, 9.17) is 19.8 Å². The molecule has 122 valence electrons. The van der Waals surface area contributed by atoms with Crippen molar-refractivity contribution in [3.8, 4) is 17.6 Å². The number of ether oxygens (including phenoxy) is 2. The second kappa shape index (κ2) is 7.58. The summed E-state index contributed by atoms with van der Waals surface area (Å²) in [7, 11) is 3.10. The highest BCUT2D eigenvalue weighted by Crippen LogP contribution is 2.28. The van der Waals surface area contributed by atoms with Crippen LogP contribution in [0.15, 0.2) is 18.2 Å². The van der Waals surface area contributed by atoms with Crippen LogP contribution in [0.3, 0.4) is 0 Å². The standard InChI is InChI=1S/C15H18N4O4/c1-22-14-4-3-10(6-15(14)23-2)5-13-12(7-16)17-18-19(13)8-11(21)9-20/h3-4,6,11,20-21H,5,8-9H2,1-2H3.